The minimum absolute atomic E-state index is 0.599. The fourth-order valence-electron chi connectivity index (χ4n) is 7.89. The Labute approximate surface area is 322 Å². The number of hydrogen-bond donors (Lipinski definition) is 0. The molecule has 0 fully saturated rings. The molecule has 11 aromatic rings. The summed E-state index contributed by atoms with van der Waals surface area (Å²) in [6.07, 6.45) is 0. The van der Waals surface area contributed by atoms with Crippen molar-refractivity contribution in [1.82, 2.24) is 19.5 Å². The van der Waals surface area contributed by atoms with E-state index in [-0.39, 0.29) is 0 Å². The summed E-state index contributed by atoms with van der Waals surface area (Å²) < 4.78 is 8.90. The minimum atomic E-state index is 0.599. The second kappa shape index (κ2) is 13.0. The maximum atomic E-state index is 6.54. The van der Waals surface area contributed by atoms with Gasteiger partial charge in [-0.2, -0.15) is 0 Å². The monoisotopic (exact) mass is 716 g/mol. The third-order valence-electron chi connectivity index (χ3n) is 10.7. The number of hydrogen-bond acceptors (Lipinski definition) is 4. The molecule has 0 radical (unpaired) electrons. The molecule has 0 aliphatic carbocycles. The molecule has 0 aliphatic rings. The van der Waals surface area contributed by atoms with Crippen molar-refractivity contribution in [2.75, 3.05) is 0 Å². The lowest BCUT2D eigenvalue weighted by Crippen LogP contribution is -2.00. The fraction of sp³-hybridized carbons (Fsp3) is 0. The van der Waals surface area contributed by atoms with Gasteiger partial charge in [-0.1, -0.05) is 146 Å². The van der Waals surface area contributed by atoms with E-state index in [9.17, 15) is 0 Å². The van der Waals surface area contributed by atoms with Crippen LogP contribution in [-0.4, -0.2) is 19.5 Å². The van der Waals surface area contributed by atoms with Crippen LogP contribution in [0.15, 0.2) is 199 Å². The number of rotatable bonds is 6. The van der Waals surface area contributed by atoms with Crippen LogP contribution in [0.3, 0.4) is 0 Å². The molecular weight excluding hydrogens is 685 g/mol. The molecule has 3 aromatic heterocycles. The molecule has 8 aromatic carbocycles. The molecule has 0 bridgehead atoms. The lowest BCUT2D eigenvalue weighted by molar-refractivity contribution is 0.669. The first-order valence-electron chi connectivity index (χ1n) is 18.8. The predicted octanol–water partition coefficient (Wildman–Crippen LogP) is 13.2. The summed E-state index contributed by atoms with van der Waals surface area (Å²) in [6.45, 7) is 0. The zero-order chi connectivity index (χ0) is 37.0. The molecule has 0 amide bonds. The van der Waals surface area contributed by atoms with E-state index in [2.05, 4.69) is 132 Å². The van der Waals surface area contributed by atoms with Crippen molar-refractivity contribution in [3.63, 3.8) is 0 Å². The van der Waals surface area contributed by atoms with E-state index in [0.717, 1.165) is 55.4 Å². The maximum Gasteiger partial charge on any atom is 0.164 e. The smallest absolute Gasteiger partial charge is 0.164 e. The molecule has 0 N–H and O–H groups in total. The zero-order valence-electron chi connectivity index (χ0n) is 30.2. The maximum absolute atomic E-state index is 6.54. The van der Waals surface area contributed by atoms with Gasteiger partial charge >= 0.3 is 0 Å². The summed E-state index contributed by atoms with van der Waals surface area (Å²) in [5, 5.41) is 4.62. The van der Waals surface area contributed by atoms with Crippen LogP contribution in [0.4, 0.5) is 0 Å². The molecule has 5 nitrogen and oxygen atoms in total. The highest BCUT2D eigenvalue weighted by Gasteiger charge is 2.16. The topological polar surface area (TPSA) is 56.7 Å². The molecule has 0 spiro atoms. The van der Waals surface area contributed by atoms with E-state index in [0.29, 0.717) is 17.5 Å². The van der Waals surface area contributed by atoms with Crippen molar-refractivity contribution < 1.29 is 4.42 Å². The molecule has 0 saturated heterocycles. The molecule has 3 heterocycles. The van der Waals surface area contributed by atoms with Gasteiger partial charge < -0.3 is 8.98 Å². The van der Waals surface area contributed by atoms with E-state index in [1.54, 1.807) is 0 Å². The number of benzene rings is 8. The second-order valence-electron chi connectivity index (χ2n) is 14.1. The summed E-state index contributed by atoms with van der Waals surface area (Å²) in [7, 11) is 0. The van der Waals surface area contributed by atoms with Crippen molar-refractivity contribution >= 4 is 43.7 Å². The van der Waals surface area contributed by atoms with Gasteiger partial charge in [-0.05, 0) is 70.8 Å². The molecule has 5 heteroatoms. The number of aromatic nitrogens is 4. The molecule has 11 rings (SSSR count). The summed E-state index contributed by atoms with van der Waals surface area (Å²) >= 11 is 0. The number of fused-ring (bicyclic) bond motifs is 6. The minimum Gasteiger partial charge on any atom is -0.456 e. The Bertz CT molecular complexity index is 3160. The zero-order valence-corrected chi connectivity index (χ0v) is 30.2. The molecule has 262 valence electrons. The standard InChI is InChI=1S/C51H32N4O/c1-4-12-35(13-5-1)49-52-50(36-14-6-2-7-15-36)54-51(53-49)39-26-29-44-43-28-25-38(31-47(43)56-48(44)32-39)34-22-20-33(21-23-34)37-24-27-42-41-18-10-11-19-45(41)55(46(42)30-37)40-16-8-3-9-17-40/h1-32H. The van der Waals surface area contributed by atoms with Gasteiger partial charge in [-0.3, -0.25) is 0 Å². The first kappa shape index (κ1) is 31.9. The van der Waals surface area contributed by atoms with Gasteiger partial charge in [0, 0.05) is 43.9 Å². The lowest BCUT2D eigenvalue weighted by atomic mass is 9.98. The van der Waals surface area contributed by atoms with Gasteiger partial charge in [0.1, 0.15) is 11.2 Å². The van der Waals surface area contributed by atoms with Crippen LogP contribution in [0.25, 0.3) is 106 Å². The van der Waals surface area contributed by atoms with Gasteiger partial charge in [0.25, 0.3) is 0 Å². The van der Waals surface area contributed by atoms with E-state index >= 15 is 0 Å². The Morgan fingerprint density at radius 1 is 0.304 bits per heavy atom. The number of para-hydroxylation sites is 2. The van der Waals surface area contributed by atoms with E-state index < -0.39 is 0 Å². The van der Waals surface area contributed by atoms with Crippen LogP contribution in [0.1, 0.15) is 0 Å². The summed E-state index contributed by atoms with van der Waals surface area (Å²) in [5.74, 6) is 1.86. The molecular formula is C51H32N4O. The lowest BCUT2D eigenvalue weighted by Gasteiger charge is -2.09. The van der Waals surface area contributed by atoms with Gasteiger partial charge in [0.2, 0.25) is 0 Å². The van der Waals surface area contributed by atoms with E-state index in [1.165, 1.54) is 32.9 Å². The Hall–Kier alpha value is -7.63. The Morgan fingerprint density at radius 2 is 0.732 bits per heavy atom. The van der Waals surface area contributed by atoms with Crippen LogP contribution in [0.5, 0.6) is 0 Å². The van der Waals surface area contributed by atoms with Gasteiger partial charge in [-0.15, -0.1) is 0 Å². The highest BCUT2D eigenvalue weighted by Crippen LogP contribution is 2.37. The van der Waals surface area contributed by atoms with Crippen molar-refractivity contribution in [1.29, 1.82) is 0 Å². The van der Waals surface area contributed by atoms with Crippen LogP contribution in [0, 0.1) is 0 Å². The van der Waals surface area contributed by atoms with Crippen molar-refractivity contribution in [2.24, 2.45) is 0 Å². The van der Waals surface area contributed by atoms with Crippen molar-refractivity contribution in [3.05, 3.63) is 194 Å². The van der Waals surface area contributed by atoms with Gasteiger partial charge in [0.05, 0.1) is 11.0 Å². The van der Waals surface area contributed by atoms with Crippen LogP contribution in [-0.2, 0) is 0 Å². The normalized spacial score (nSPS) is 11.6. The van der Waals surface area contributed by atoms with Crippen molar-refractivity contribution in [2.45, 2.75) is 0 Å². The van der Waals surface area contributed by atoms with Gasteiger partial charge in [-0.25, -0.2) is 15.0 Å². The Balaban J connectivity index is 0.936. The molecule has 0 aliphatic heterocycles. The van der Waals surface area contributed by atoms with E-state index in [4.69, 9.17) is 19.4 Å². The molecule has 0 saturated carbocycles. The highest BCUT2D eigenvalue weighted by atomic mass is 16.3. The van der Waals surface area contributed by atoms with Crippen LogP contribution < -0.4 is 0 Å². The van der Waals surface area contributed by atoms with Crippen molar-refractivity contribution in [3.8, 4) is 62.1 Å². The Kier molecular flexibility index (Phi) is 7.42. The summed E-state index contributed by atoms with van der Waals surface area (Å²) in [5.41, 5.74) is 12.5. The summed E-state index contributed by atoms with van der Waals surface area (Å²) in [6, 6.07) is 67.6. The first-order chi connectivity index (χ1) is 27.7. The average molecular weight is 717 g/mol. The van der Waals surface area contributed by atoms with Crippen LogP contribution >= 0.6 is 0 Å². The van der Waals surface area contributed by atoms with Crippen LogP contribution in [0.2, 0.25) is 0 Å². The molecule has 0 atom stereocenters. The second-order valence-corrected chi connectivity index (χ2v) is 14.1. The molecule has 56 heavy (non-hydrogen) atoms. The quantitative estimate of drug-likeness (QED) is 0.172. The first-order valence-corrected chi connectivity index (χ1v) is 18.8. The fourth-order valence-corrected chi connectivity index (χ4v) is 7.89. The van der Waals surface area contributed by atoms with Gasteiger partial charge in [0.15, 0.2) is 17.5 Å². The largest absolute Gasteiger partial charge is 0.456 e. The number of furan rings is 1. The predicted molar refractivity (Wildman–Crippen MR) is 229 cm³/mol. The SMILES string of the molecule is c1ccc(-c2nc(-c3ccccc3)nc(-c3ccc4c(c3)oc3cc(-c5ccc(-c6ccc7c8ccccc8n(-c8ccccc8)c7c6)cc5)ccc34)n2)cc1. The highest BCUT2D eigenvalue weighted by molar-refractivity contribution is 6.10. The van der Waals surface area contributed by atoms with E-state index in [1.807, 2.05) is 66.7 Å². The summed E-state index contributed by atoms with van der Waals surface area (Å²) in [4.78, 5) is 14.7. The Morgan fingerprint density at radius 3 is 1.34 bits per heavy atom. The third-order valence-corrected chi connectivity index (χ3v) is 10.7. The molecule has 0 unspecified atom stereocenters. The third kappa shape index (κ3) is 5.45. The average Bonchev–Trinajstić information content (AvgIpc) is 3.81. The number of nitrogens with zero attached hydrogens (tertiary/aromatic N) is 4.